The van der Waals surface area contributed by atoms with Crippen LogP contribution < -0.4 is 0 Å². The molecule has 1 saturated heterocycles. The van der Waals surface area contributed by atoms with Gasteiger partial charge < -0.3 is 4.90 Å². The number of rotatable bonds is 0. The van der Waals surface area contributed by atoms with E-state index in [1.165, 1.54) is 0 Å². The minimum Gasteiger partial charge on any atom is -0.305 e. The van der Waals surface area contributed by atoms with E-state index in [0.717, 1.165) is 5.75 Å². The first-order valence-corrected chi connectivity index (χ1v) is 4.39. The van der Waals surface area contributed by atoms with Crippen LogP contribution in [0.25, 0.3) is 0 Å². The fourth-order valence-corrected chi connectivity index (χ4v) is 2.26. The van der Waals surface area contributed by atoms with Gasteiger partial charge in [0.1, 0.15) is 0 Å². The Kier molecular flexibility index (Phi) is 1.40. The molecule has 1 atom stereocenters. The Morgan fingerprint density at radius 2 is 2.64 bits per heavy atom. The Bertz CT molecular complexity index is 279. The van der Waals surface area contributed by atoms with E-state index in [-0.39, 0.29) is 5.91 Å². The lowest BCUT2D eigenvalue weighted by Gasteiger charge is -2.40. The Hall–Kier alpha value is -0.950. The van der Waals surface area contributed by atoms with Gasteiger partial charge in [-0.3, -0.25) is 4.79 Å². The highest BCUT2D eigenvalue weighted by molar-refractivity contribution is 8.00. The SMILES string of the molecule is N#CC1=CN2C(=O)C[C@H]2SC1. The molecule has 0 aromatic rings. The molecule has 0 aliphatic carbocycles. The van der Waals surface area contributed by atoms with Crippen LogP contribution in [-0.2, 0) is 4.79 Å². The molecule has 4 heteroatoms. The van der Waals surface area contributed by atoms with Crippen LogP contribution in [0.5, 0.6) is 0 Å². The molecule has 2 aliphatic rings. The summed E-state index contributed by atoms with van der Waals surface area (Å²) >= 11 is 1.66. The fraction of sp³-hybridized carbons (Fsp3) is 0.429. The second kappa shape index (κ2) is 2.28. The molecule has 3 nitrogen and oxygen atoms in total. The quantitative estimate of drug-likeness (QED) is 0.497. The lowest BCUT2D eigenvalue weighted by molar-refractivity contribution is -0.137. The topological polar surface area (TPSA) is 44.1 Å². The highest BCUT2D eigenvalue weighted by atomic mass is 32.2. The van der Waals surface area contributed by atoms with Crippen molar-refractivity contribution in [2.24, 2.45) is 0 Å². The molecule has 0 aromatic heterocycles. The first-order valence-electron chi connectivity index (χ1n) is 3.35. The number of β-lactam (4-membered cyclic amide) rings is 1. The molecule has 1 fully saturated rings. The lowest BCUT2D eigenvalue weighted by atomic mass is 10.2. The lowest BCUT2D eigenvalue weighted by Crippen LogP contribution is -2.49. The summed E-state index contributed by atoms with van der Waals surface area (Å²) in [6.07, 6.45) is 2.31. The second-order valence-electron chi connectivity index (χ2n) is 2.54. The normalized spacial score (nSPS) is 28.3. The summed E-state index contributed by atoms with van der Waals surface area (Å²) < 4.78 is 0. The van der Waals surface area contributed by atoms with Crippen molar-refractivity contribution in [3.05, 3.63) is 11.8 Å². The van der Waals surface area contributed by atoms with Crippen LogP contribution in [0.3, 0.4) is 0 Å². The van der Waals surface area contributed by atoms with Crippen LogP contribution in [0, 0.1) is 11.3 Å². The number of hydrogen-bond donors (Lipinski definition) is 0. The van der Waals surface area contributed by atoms with E-state index in [0.29, 0.717) is 17.4 Å². The fourth-order valence-electron chi connectivity index (χ4n) is 1.15. The van der Waals surface area contributed by atoms with Gasteiger partial charge in [0.25, 0.3) is 0 Å². The molecule has 2 rings (SSSR count). The van der Waals surface area contributed by atoms with Gasteiger partial charge in [-0.25, -0.2) is 0 Å². The van der Waals surface area contributed by atoms with Crippen molar-refractivity contribution in [1.82, 2.24) is 4.90 Å². The van der Waals surface area contributed by atoms with Crippen molar-refractivity contribution >= 4 is 17.7 Å². The first kappa shape index (κ1) is 6.74. The van der Waals surface area contributed by atoms with Gasteiger partial charge in [-0.1, -0.05) is 0 Å². The molecular formula is C7H6N2OS. The number of amides is 1. The number of carbonyl (C=O) groups excluding carboxylic acids is 1. The number of hydrogen-bond acceptors (Lipinski definition) is 3. The molecule has 0 bridgehead atoms. The van der Waals surface area contributed by atoms with E-state index in [2.05, 4.69) is 6.07 Å². The van der Waals surface area contributed by atoms with Crippen LogP contribution in [0.1, 0.15) is 6.42 Å². The largest absolute Gasteiger partial charge is 0.305 e. The second-order valence-corrected chi connectivity index (χ2v) is 3.70. The monoisotopic (exact) mass is 166 g/mol. The molecule has 0 N–H and O–H groups in total. The zero-order valence-electron chi connectivity index (χ0n) is 5.78. The van der Waals surface area contributed by atoms with E-state index in [1.54, 1.807) is 22.9 Å². The highest BCUT2D eigenvalue weighted by Gasteiger charge is 2.37. The summed E-state index contributed by atoms with van der Waals surface area (Å²) in [7, 11) is 0. The minimum atomic E-state index is 0.134. The van der Waals surface area contributed by atoms with E-state index in [9.17, 15) is 4.79 Å². The third-order valence-electron chi connectivity index (χ3n) is 1.82. The molecule has 0 radical (unpaired) electrons. The first-order chi connectivity index (χ1) is 5.31. The van der Waals surface area contributed by atoms with Crippen LogP contribution in [0.2, 0.25) is 0 Å². The number of thioether (sulfide) groups is 1. The van der Waals surface area contributed by atoms with Crippen molar-refractivity contribution in [2.75, 3.05) is 5.75 Å². The van der Waals surface area contributed by atoms with E-state index >= 15 is 0 Å². The van der Waals surface area contributed by atoms with Gasteiger partial charge in [0.15, 0.2) is 0 Å². The Labute approximate surface area is 68.7 Å². The molecule has 0 unspecified atom stereocenters. The third-order valence-corrected chi connectivity index (χ3v) is 3.07. The molecular weight excluding hydrogens is 160 g/mol. The zero-order chi connectivity index (χ0) is 7.84. The number of carbonyl (C=O) groups is 1. The van der Waals surface area contributed by atoms with Gasteiger partial charge >= 0.3 is 0 Å². The van der Waals surface area contributed by atoms with Crippen LogP contribution in [0.15, 0.2) is 11.8 Å². The van der Waals surface area contributed by atoms with Crippen LogP contribution in [-0.4, -0.2) is 21.9 Å². The van der Waals surface area contributed by atoms with Crippen molar-refractivity contribution in [1.29, 1.82) is 5.26 Å². The van der Waals surface area contributed by atoms with Gasteiger partial charge in [0, 0.05) is 12.0 Å². The molecule has 11 heavy (non-hydrogen) atoms. The molecule has 0 saturated carbocycles. The molecule has 0 spiro atoms. The average Bonchev–Trinajstić information content (AvgIpc) is 2.03. The zero-order valence-corrected chi connectivity index (χ0v) is 6.60. The summed E-state index contributed by atoms with van der Waals surface area (Å²) in [5.41, 5.74) is 0.694. The predicted molar refractivity (Wildman–Crippen MR) is 41.4 cm³/mol. The summed E-state index contributed by atoms with van der Waals surface area (Å²) in [5.74, 6) is 0.889. The van der Waals surface area contributed by atoms with Crippen molar-refractivity contribution in [2.45, 2.75) is 11.8 Å². The maximum absolute atomic E-state index is 10.9. The Balaban J connectivity index is 2.21. The molecule has 2 aliphatic heterocycles. The average molecular weight is 166 g/mol. The Morgan fingerprint density at radius 3 is 3.27 bits per heavy atom. The van der Waals surface area contributed by atoms with Crippen molar-refractivity contribution in [3.63, 3.8) is 0 Å². The summed E-state index contributed by atoms with van der Waals surface area (Å²) in [4.78, 5) is 12.5. The van der Waals surface area contributed by atoms with Crippen molar-refractivity contribution < 1.29 is 4.79 Å². The predicted octanol–water partition coefficient (Wildman–Crippen LogP) is 0.699. The highest BCUT2D eigenvalue weighted by Crippen LogP contribution is 2.34. The van der Waals surface area contributed by atoms with Crippen LogP contribution >= 0.6 is 11.8 Å². The molecule has 1 amide bonds. The minimum absolute atomic E-state index is 0.134. The third kappa shape index (κ3) is 0.925. The van der Waals surface area contributed by atoms with E-state index in [4.69, 9.17) is 5.26 Å². The number of nitrogens with zero attached hydrogens (tertiary/aromatic N) is 2. The van der Waals surface area contributed by atoms with Gasteiger partial charge in [-0.2, -0.15) is 5.26 Å². The summed E-state index contributed by atoms with van der Waals surface area (Å²) in [6, 6.07) is 2.06. The van der Waals surface area contributed by atoms with Gasteiger partial charge in [-0.05, 0) is 0 Å². The van der Waals surface area contributed by atoms with Gasteiger partial charge in [0.2, 0.25) is 5.91 Å². The molecule has 0 aromatic carbocycles. The number of fused-ring (bicyclic) bond motifs is 1. The van der Waals surface area contributed by atoms with Crippen LogP contribution in [0.4, 0.5) is 0 Å². The summed E-state index contributed by atoms with van der Waals surface area (Å²) in [5, 5.41) is 8.85. The smallest absolute Gasteiger partial charge is 0.230 e. The molecule has 56 valence electrons. The molecule has 2 heterocycles. The van der Waals surface area contributed by atoms with Gasteiger partial charge in [0.05, 0.1) is 23.4 Å². The standard InChI is InChI=1S/C7H6N2OS/c8-2-5-3-9-6(10)1-7(9)11-4-5/h3,7H,1,4H2/t7-/m1/s1. The maximum atomic E-state index is 10.9. The Morgan fingerprint density at radius 1 is 1.82 bits per heavy atom. The van der Waals surface area contributed by atoms with E-state index < -0.39 is 0 Å². The number of nitriles is 1. The summed E-state index contributed by atoms with van der Waals surface area (Å²) in [6.45, 7) is 0. The van der Waals surface area contributed by atoms with E-state index in [1.807, 2.05) is 0 Å². The van der Waals surface area contributed by atoms with Gasteiger partial charge in [-0.15, -0.1) is 11.8 Å². The van der Waals surface area contributed by atoms with Crippen molar-refractivity contribution in [3.8, 4) is 6.07 Å². The maximum Gasteiger partial charge on any atom is 0.230 e.